The highest BCUT2D eigenvalue weighted by Crippen LogP contribution is 2.27. The van der Waals surface area contributed by atoms with Gasteiger partial charge in [0, 0.05) is 39.1 Å². The molecule has 2 rings (SSSR count). The summed E-state index contributed by atoms with van der Waals surface area (Å²) in [5.74, 6) is 1.72. The van der Waals surface area contributed by atoms with Crippen LogP contribution in [0.4, 0.5) is 0 Å². The second-order valence-electron chi connectivity index (χ2n) is 7.83. The van der Waals surface area contributed by atoms with Crippen LogP contribution in [-0.4, -0.2) is 72.6 Å². The lowest BCUT2D eigenvalue weighted by Crippen LogP contribution is -2.49. The van der Waals surface area contributed by atoms with Crippen molar-refractivity contribution in [2.75, 3.05) is 47.3 Å². The molecule has 0 saturated carbocycles. The molecule has 0 aliphatic carbocycles. The Balaban J connectivity index is 0.00000364. The van der Waals surface area contributed by atoms with Gasteiger partial charge >= 0.3 is 0 Å². The Morgan fingerprint density at radius 3 is 2.63 bits per heavy atom. The van der Waals surface area contributed by atoms with Crippen molar-refractivity contribution >= 4 is 29.9 Å². The number of likely N-dealkylation sites (tertiary alicyclic amines) is 1. The third-order valence-electron chi connectivity index (χ3n) is 5.40. The molecule has 156 valence electrons. The van der Waals surface area contributed by atoms with E-state index in [4.69, 9.17) is 0 Å². The highest BCUT2D eigenvalue weighted by atomic mass is 127. The molecule has 0 spiro atoms. The summed E-state index contributed by atoms with van der Waals surface area (Å²) in [5, 5.41) is 3.57. The molecule has 27 heavy (non-hydrogen) atoms. The average molecular weight is 490 g/mol. The molecule has 1 aromatic rings. The summed E-state index contributed by atoms with van der Waals surface area (Å²) in [4.78, 5) is 13.4. The number of imidazole rings is 1. The zero-order valence-corrected chi connectivity index (χ0v) is 19.9. The van der Waals surface area contributed by atoms with Crippen LogP contribution >= 0.6 is 24.0 Å². The fraction of sp³-hybridized carbons (Fsp3) is 0.800. The van der Waals surface area contributed by atoms with Gasteiger partial charge in [-0.15, -0.1) is 24.0 Å². The van der Waals surface area contributed by atoms with E-state index >= 15 is 0 Å². The van der Waals surface area contributed by atoms with Crippen molar-refractivity contribution in [2.45, 2.75) is 51.5 Å². The number of guanidine groups is 1. The van der Waals surface area contributed by atoms with Crippen LogP contribution in [0, 0.1) is 5.92 Å². The van der Waals surface area contributed by atoms with Crippen molar-refractivity contribution in [3.63, 3.8) is 0 Å². The van der Waals surface area contributed by atoms with Gasteiger partial charge in [0.15, 0.2) is 5.96 Å². The van der Waals surface area contributed by atoms with E-state index in [1.807, 2.05) is 19.6 Å². The summed E-state index contributed by atoms with van der Waals surface area (Å²) in [6, 6.07) is 0.474. The number of nitrogens with zero attached hydrogens (tertiary/aromatic N) is 5. The maximum Gasteiger partial charge on any atom is 0.193 e. The molecule has 1 aliphatic heterocycles. The number of nitrogens with one attached hydrogen (secondary N) is 1. The molecule has 1 fully saturated rings. The highest BCUT2D eigenvalue weighted by molar-refractivity contribution is 14.0. The quantitative estimate of drug-likeness (QED) is 0.249. The molecule has 6 nitrogen and oxygen atoms in total. The first kappa shape index (κ1) is 24.2. The number of rotatable bonds is 9. The van der Waals surface area contributed by atoms with Gasteiger partial charge in [0.05, 0.1) is 12.4 Å². The largest absolute Gasteiger partial charge is 0.356 e. The summed E-state index contributed by atoms with van der Waals surface area (Å²) in [6.45, 7) is 6.64. The topological polar surface area (TPSA) is 48.7 Å². The summed E-state index contributed by atoms with van der Waals surface area (Å²) in [6.07, 6.45) is 13.6. The zero-order chi connectivity index (χ0) is 18.8. The monoisotopic (exact) mass is 490 g/mol. The number of aliphatic imine (C=N–C) groups is 1. The van der Waals surface area contributed by atoms with Crippen LogP contribution in [0.5, 0.6) is 0 Å². The number of aromatic nitrogens is 2. The minimum Gasteiger partial charge on any atom is -0.356 e. The third kappa shape index (κ3) is 8.37. The lowest BCUT2D eigenvalue weighted by molar-refractivity contribution is 0.189. The Labute approximate surface area is 182 Å². The normalized spacial score (nSPS) is 20.6. The molecule has 2 heterocycles. The molecule has 7 heteroatoms. The van der Waals surface area contributed by atoms with Crippen molar-refractivity contribution in [2.24, 2.45) is 10.9 Å². The lowest BCUT2D eigenvalue weighted by Gasteiger charge is -2.39. The summed E-state index contributed by atoms with van der Waals surface area (Å²) < 4.78 is 2.25. The van der Waals surface area contributed by atoms with E-state index in [-0.39, 0.29) is 24.0 Å². The molecule has 0 amide bonds. The first-order valence-electron chi connectivity index (χ1n) is 10.2. The van der Waals surface area contributed by atoms with E-state index in [0.717, 1.165) is 25.6 Å². The molecular formula is C20H39IN6. The molecule has 1 aromatic heterocycles. The molecule has 0 radical (unpaired) electrons. The molecule has 1 saturated heterocycles. The van der Waals surface area contributed by atoms with Gasteiger partial charge in [-0.1, -0.05) is 26.2 Å². The lowest BCUT2D eigenvalue weighted by atomic mass is 9.93. The second kappa shape index (κ2) is 13.4. The van der Waals surface area contributed by atoms with Gasteiger partial charge in [-0.25, -0.2) is 4.98 Å². The van der Waals surface area contributed by atoms with Crippen molar-refractivity contribution in [3.05, 3.63) is 18.7 Å². The first-order chi connectivity index (χ1) is 12.6. The first-order valence-corrected chi connectivity index (χ1v) is 10.2. The maximum absolute atomic E-state index is 4.52. The predicted octanol–water partition coefficient (Wildman–Crippen LogP) is 3.47. The molecular weight excluding hydrogens is 451 g/mol. The van der Waals surface area contributed by atoms with Gasteiger partial charge in [0.2, 0.25) is 0 Å². The minimum atomic E-state index is 0. The molecule has 0 aromatic carbocycles. The van der Waals surface area contributed by atoms with Crippen LogP contribution in [0.2, 0.25) is 0 Å². The standard InChI is InChI=1S/C20H38N6.HI/c1-18-10-14-25(16-19(18)26-15-12-22-17-26)20(21-2)23-11-8-6-5-7-9-13-24(3)4;/h12,15,17-19H,5-11,13-14,16H2,1-4H3,(H,21,23);1H. The van der Waals surface area contributed by atoms with E-state index < -0.39 is 0 Å². The third-order valence-corrected chi connectivity index (χ3v) is 5.40. The van der Waals surface area contributed by atoms with Gasteiger partial charge in [-0.05, 0) is 45.8 Å². The Hall–Kier alpha value is -0.830. The fourth-order valence-electron chi connectivity index (χ4n) is 3.71. The van der Waals surface area contributed by atoms with Gasteiger partial charge in [0.25, 0.3) is 0 Å². The van der Waals surface area contributed by atoms with E-state index in [0.29, 0.717) is 12.0 Å². The Morgan fingerprint density at radius 2 is 1.96 bits per heavy atom. The van der Waals surface area contributed by atoms with E-state index in [9.17, 15) is 0 Å². The maximum atomic E-state index is 4.52. The van der Waals surface area contributed by atoms with Crippen molar-refractivity contribution in [1.82, 2.24) is 24.7 Å². The summed E-state index contributed by atoms with van der Waals surface area (Å²) in [5.41, 5.74) is 0. The van der Waals surface area contributed by atoms with Crippen LogP contribution in [0.25, 0.3) is 0 Å². The number of halogens is 1. The molecule has 1 N–H and O–H groups in total. The van der Waals surface area contributed by atoms with Gasteiger partial charge in [0.1, 0.15) is 0 Å². The van der Waals surface area contributed by atoms with Crippen molar-refractivity contribution in [1.29, 1.82) is 0 Å². The van der Waals surface area contributed by atoms with Crippen molar-refractivity contribution < 1.29 is 0 Å². The Kier molecular flexibility index (Phi) is 12.0. The average Bonchev–Trinajstić information content (AvgIpc) is 3.15. The fourth-order valence-corrected chi connectivity index (χ4v) is 3.71. The predicted molar refractivity (Wildman–Crippen MR) is 125 cm³/mol. The smallest absolute Gasteiger partial charge is 0.193 e. The molecule has 0 bridgehead atoms. The number of piperidine rings is 1. The van der Waals surface area contributed by atoms with Crippen LogP contribution in [0.3, 0.4) is 0 Å². The highest BCUT2D eigenvalue weighted by Gasteiger charge is 2.28. The van der Waals surface area contributed by atoms with Crippen LogP contribution in [0.1, 0.15) is 51.5 Å². The van der Waals surface area contributed by atoms with E-state index in [1.165, 1.54) is 45.1 Å². The van der Waals surface area contributed by atoms with Crippen LogP contribution in [0.15, 0.2) is 23.7 Å². The van der Waals surface area contributed by atoms with Gasteiger partial charge in [-0.2, -0.15) is 0 Å². The SMILES string of the molecule is CN=C(NCCCCCCCN(C)C)N1CCC(C)C(n2ccnc2)C1.I. The number of hydrogen-bond donors (Lipinski definition) is 1. The Morgan fingerprint density at radius 1 is 1.22 bits per heavy atom. The van der Waals surface area contributed by atoms with Crippen LogP contribution in [-0.2, 0) is 0 Å². The van der Waals surface area contributed by atoms with Crippen molar-refractivity contribution in [3.8, 4) is 0 Å². The van der Waals surface area contributed by atoms with E-state index in [2.05, 4.69) is 56.9 Å². The summed E-state index contributed by atoms with van der Waals surface area (Å²) in [7, 11) is 6.19. The molecule has 2 atom stereocenters. The molecule has 1 aliphatic rings. The minimum absolute atomic E-state index is 0. The Bertz CT molecular complexity index is 517. The summed E-state index contributed by atoms with van der Waals surface area (Å²) >= 11 is 0. The van der Waals surface area contributed by atoms with E-state index in [1.54, 1.807) is 0 Å². The number of unbranched alkanes of at least 4 members (excludes halogenated alkanes) is 4. The number of hydrogen-bond acceptors (Lipinski definition) is 3. The molecule has 2 unspecified atom stereocenters. The second-order valence-corrected chi connectivity index (χ2v) is 7.83. The van der Waals surface area contributed by atoms with Gasteiger partial charge in [-0.3, -0.25) is 4.99 Å². The zero-order valence-electron chi connectivity index (χ0n) is 17.6. The van der Waals surface area contributed by atoms with Crippen LogP contribution < -0.4 is 5.32 Å². The van der Waals surface area contributed by atoms with Gasteiger partial charge < -0.3 is 19.7 Å².